The predicted molar refractivity (Wildman–Crippen MR) is 114 cm³/mol. The van der Waals surface area contributed by atoms with Crippen molar-refractivity contribution in [3.8, 4) is 0 Å². The molecule has 1 heterocycles. The van der Waals surface area contributed by atoms with Gasteiger partial charge in [0.1, 0.15) is 0 Å². The Hall–Kier alpha value is -2.82. The fourth-order valence-electron chi connectivity index (χ4n) is 3.73. The number of guanidine groups is 1. The number of amides is 1. The Morgan fingerprint density at radius 2 is 1.71 bits per heavy atom. The number of hydrogen-bond acceptors (Lipinski definition) is 2. The number of nitrogens with one attached hydrogen (secondary N) is 2. The van der Waals surface area contributed by atoms with Crippen molar-refractivity contribution in [2.45, 2.75) is 25.8 Å². The highest BCUT2D eigenvalue weighted by Crippen LogP contribution is 2.21. The molecule has 0 unspecified atom stereocenters. The number of carbonyl (C=O) groups is 1. The molecule has 0 radical (unpaired) electrons. The molecule has 3 rings (SSSR count). The second-order valence-electron chi connectivity index (χ2n) is 7.30. The van der Waals surface area contributed by atoms with E-state index in [0.29, 0.717) is 12.1 Å². The third-order valence-electron chi connectivity index (χ3n) is 5.39. The molecule has 0 bridgehead atoms. The summed E-state index contributed by atoms with van der Waals surface area (Å²) < 4.78 is 0. The van der Waals surface area contributed by atoms with Crippen LogP contribution in [0.15, 0.2) is 59.6 Å². The number of nitrogens with zero attached hydrogens (tertiary/aromatic N) is 2. The molecule has 148 valence electrons. The molecule has 1 saturated heterocycles. The van der Waals surface area contributed by atoms with Crippen LogP contribution in [0.3, 0.4) is 0 Å². The van der Waals surface area contributed by atoms with Gasteiger partial charge in [-0.05, 0) is 48.4 Å². The fourth-order valence-corrected chi connectivity index (χ4v) is 3.73. The summed E-state index contributed by atoms with van der Waals surface area (Å²) in [5.74, 6) is 1.64. The summed E-state index contributed by atoms with van der Waals surface area (Å²) in [5, 5.41) is 6.10. The molecular weight excluding hydrogens is 348 g/mol. The minimum absolute atomic E-state index is 0.0614. The van der Waals surface area contributed by atoms with Crippen molar-refractivity contribution in [3.05, 3.63) is 71.3 Å². The SMILES string of the molecule is CN=C(NCc1ccc(C(=O)NC)cc1)N1CCC(Cc2ccccc2)CC1. The van der Waals surface area contributed by atoms with Crippen molar-refractivity contribution < 1.29 is 4.79 Å². The van der Waals surface area contributed by atoms with Crippen molar-refractivity contribution in [2.75, 3.05) is 27.2 Å². The van der Waals surface area contributed by atoms with E-state index in [0.717, 1.165) is 30.5 Å². The van der Waals surface area contributed by atoms with Crippen molar-refractivity contribution >= 4 is 11.9 Å². The summed E-state index contributed by atoms with van der Waals surface area (Å²) in [7, 11) is 3.48. The molecule has 0 spiro atoms. The van der Waals surface area contributed by atoms with Crippen molar-refractivity contribution in [1.29, 1.82) is 0 Å². The van der Waals surface area contributed by atoms with Crippen LogP contribution in [0.2, 0.25) is 0 Å². The van der Waals surface area contributed by atoms with Gasteiger partial charge in [0.05, 0.1) is 0 Å². The largest absolute Gasteiger partial charge is 0.355 e. The number of aliphatic imine (C=N–C) groups is 1. The molecule has 0 aromatic heterocycles. The van der Waals surface area contributed by atoms with E-state index in [9.17, 15) is 4.79 Å². The van der Waals surface area contributed by atoms with Crippen LogP contribution in [-0.2, 0) is 13.0 Å². The van der Waals surface area contributed by atoms with E-state index >= 15 is 0 Å². The summed E-state index contributed by atoms with van der Waals surface area (Å²) in [4.78, 5) is 18.4. The van der Waals surface area contributed by atoms with Gasteiger partial charge in [0.15, 0.2) is 5.96 Å². The van der Waals surface area contributed by atoms with Crippen LogP contribution in [0.1, 0.15) is 34.3 Å². The fraction of sp³-hybridized carbons (Fsp3) is 0.391. The Morgan fingerprint density at radius 1 is 1.04 bits per heavy atom. The number of piperidine rings is 1. The summed E-state index contributed by atoms with van der Waals surface area (Å²) in [6.45, 7) is 2.77. The van der Waals surface area contributed by atoms with E-state index in [4.69, 9.17) is 0 Å². The minimum atomic E-state index is -0.0614. The topological polar surface area (TPSA) is 56.7 Å². The summed E-state index contributed by atoms with van der Waals surface area (Å²) in [6, 6.07) is 18.4. The maximum Gasteiger partial charge on any atom is 0.251 e. The predicted octanol–water partition coefficient (Wildman–Crippen LogP) is 3.08. The van der Waals surface area contributed by atoms with Crippen LogP contribution in [0, 0.1) is 5.92 Å². The summed E-state index contributed by atoms with van der Waals surface area (Å²) in [5.41, 5.74) is 3.24. The lowest BCUT2D eigenvalue weighted by Gasteiger charge is -2.34. The van der Waals surface area contributed by atoms with Crippen molar-refractivity contribution in [3.63, 3.8) is 0 Å². The first-order chi connectivity index (χ1) is 13.7. The minimum Gasteiger partial charge on any atom is -0.355 e. The first-order valence-electron chi connectivity index (χ1n) is 10.00. The van der Waals surface area contributed by atoms with Crippen LogP contribution in [0.25, 0.3) is 0 Å². The highest BCUT2D eigenvalue weighted by molar-refractivity contribution is 5.93. The van der Waals surface area contributed by atoms with E-state index in [1.54, 1.807) is 7.05 Å². The average molecular weight is 379 g/mol. The van der Waals surface area contributed by atoms with Crippen LogP contribution < -0.4 is 10.6 Å². The number of benzene rings is 2. The van der Waals surface area contributed by atoms with Gasteiger partial charge < -0.3 is 15.5 Å². The molecule has 5 heteroatoms. The third-order valence-corrected chi connectivity index (χ3v) is 5.39. The molecule has 1 amide bonds. The molecule has 1 aliphatic rings. The zero-order valence-electron chi connectivity index (χ0n) is 16.8. The Bertz CT molecular complexity index is 778. The Kier molecular flexibility index (Phi) is 7.06. The Balaban J connectivity index is 1.47. The van der Waals surface area contributed by atoms with E-state index in [1.165, 1.54) is 24.8 Å². The van der Waals surface area contributed by atoms with Gasteiger partial charge in [-0.2, -0.15) is 0 Å². The quantitative estimate of drug-likeness (QED) is 0.621. The molecule has 0 saturated carbocycles. The monoisotopic (exact) mass is 378 g/mol. The van der Waals surface area contributed by atoms with Crippen LogP contribution >= 0.6 is 0 Å². The normalized spacial score (nSPS) is 15.4. The van der Waals surface area contributed by atoms with E-state index in [-0.39, 0.29) is 5.91 Å². The second kappa shape index (κ2) is 9.93. The van der Waals surface area contributed by atoms with Gasteiger partial charge in [0.25, 0.3) is 5.91 Å². The maximum atomic E-state index is 11.6. The van der Waals surface area contributed by atoms with E-state index in [1.807, 2.05) is 31.3 Å². The molecule has 5 nitrogen and oxygen atoms in total. The van der Waals surface area contributed by atoms with Crippen LogP contribution in [0.5, 0.6) is 0 Å². The van der Waals surface area contributed by atoms with Crippen molar-refractivity contribution in [2.24, 2.45) is 10.9 Å². The lowest BCUT2D eigenvalue weighted by Crippen LogP contribution is -2.45. The van der Waals surface area contributed by atoms with Gasteiger partial charge in [0, 0.05) is 39.3 Å². The average Bonchev–Trinajstić information content (AvgIpc) is 2.76. The van der Waals surface area contributed by atoms with Gasteiger partial charge in [0.2, 0.25) is 0 Å². The van der Waals surface area contributed by atoms with Gasteiger partial charge in [-0.1, -0.05) is 42.5 Å². The second-order valence-corrected chi connectivity index (χ2v) is 7.30. The van der Waals surface area contributed by atoms with Crippen molar-refractivity contribution in [1.82, 2.24) is 15.5 Å². The molecular formula is C23H30N4O. The molecule has 2 N–H and O–H groups in total. The third kappa shape index (κ3) is 5.35. The Labute approximate surface area is 167 Å². The molecule has 2 aromatic carbocycles. The molecule has 1 fully saturated rings. The molecule has 28 heavy (non-hydrogen) atoms. The van der Waals surface area contributed by atoms with Gasteiger partial charge in [-0.25, -0.2) is 0 Å². The zero-order chi connectivity index (χ0) is 19.8. The number of rotatable bonds is 5. The number of likely N-dealkylation sites (tertiary alicyclic amines) is 1. The smallest absolute Gasteiger partial charge is 0.251 e. The summed E-state index contributed by atoms with van der Waals surface area (Å²) >= 11 is 0. The standard InChI is InChI=1S/C23H30N4O/c1-24-22(28)21-10-8-20(9-11-21)17-26-23(25-2)27-14-12-19(13-15-27)16-18-6-4-3-5-7-18/h3-11,19H,12-17H2,1-2H3,(H,24,28)(H,25,26). The molecule has 2 aromatic rings. The van der Waals surface area contributed by atoms with Crippen LogP contribution in [0.4, 0.5) is 0 Å². The van der Waals surface area contributed by atoms with Gasteiger partial charge >= 0.3 is 0 Å². The highest BCUT2D eigenvalue weighted by atomic mass is 16.1. The highest BCUT2D eigenvalue weighted by Gasteiger charge is 2.21. The maximum absolute atomic E-state index is 11.6. The lowest BCUT2D eigenvalue weighted by atomic mass is 9.90. The number of hydrogen-bond donors (Lipinski definition) is 2. The van der Waals surface area contributed by atoms with E-state index in [2.05, 4.69) is 50.9 Å². The van der Waals surface area contributed by atoms with Gasteiger partial charge in [-0.15, -0.1) is 0 Å². The van der Waals surface area contributed by atoms with E-state index < -0.39 is 0 Å². The molecule has 1 aliphatic heterocycles. The summed E-state index contributed by atoms with van der Waals surface area (Å²) in [6.07, 6.45) is 3.55. The zero-order valence-corrected chi connectivity index (χ0v) is 16.8. The van der Waals surface area contributed by atoms with Gasteiger partial charge in [-0.3, -0.25) is 9.79 Å². The lowest BCUT2D eigenvalue weighted by molar-refractivity contribution is 0.0963. The number of carbonyl (C=O) groups excluding carboxylic acids is 1. The first kappa shape index (κ1) is 19.9. The molecule has 0 atom stereocenters. The molecule has 0 aliphatic carbocycles. The Morgan fingerprint density at radius 3 is 2.32 bits per heavy atom. The van der Waals surface area contributed by atoms with Crippen LogP contribution in [-0.4, -0.2) is 44.0 Å². The first-order valence-corrected chi connectivity index (χ1v) is 10.00.